The van der Waals surface area contributed by atoms with E-state index in [0.717, 1.165) is 25.2 Å². The minimum Gasteiger partial charge on any atom is -0.507 e. The first kappa shape index (κ1) is 46.1. The van der Waals surface area contributed by atoms with Gasteiger partial charge in [0.25, 0.3) is 0 Å². The Morgan fingerprint density at radius 2 is 1.61 bits per heavy atom. The number of aromatic hydroxyl groups is 3. The van der Waals surface area contributed by atoms with Gasteiger partial charge in [-0.1, -0.05) is 65.8 Å². The van der Waals surface area contributed by atoms with Gasteiger partial charge in [0, 0.05) is 55.0 Å². The number of ketones is 2. The number of allylic oxidation sites excluding steroid dienone is 6. The Morgan fingerprint density at radius 1 is 0.924 bits per heavy atom. The topological polar surface area (TPSA) is 309 Å². The maximum absolute atomic E-state index is 14.4. The lowest BCUT2D eigenvalue weighted by molar-refractivity contribution is -0.210. The van der Waals surface area contributed by atoms with Crippen LogP contribution in [0.1, 0.15) is 73.7 Å². The Morgan fingerprint density at radius 3 is 2.30 bits per heavy atom. The normalized spacial score (nSPS) is 32.5. The number of Topliss-reactive ketones (excluding diaryl/α,β-unsaturated/α-hetero) is 1. The molecule has 3 fully saturated rings. The molecule has 2 aliphatic heterocycles. The van der Waals surface area contributed by atoms with E-state index in [1.54, 1.807) is 6.92 Å². The Hall–Kier alpha value is -6.45. The van der Waals surface area contributed by atoms with Gasteiger partial charge >= 0.3 is 17.6 Å². The van der Waals surface area contributed by atoms with Crippen LogP contribution in [0, 0.1) is 0 Å². The molecule has 0 bridgehead atoms. The van der Waals surface area contributed by atoms with Crippen molar-refractivity contribution in [1.29, 1.82) is 0 Å². The van der Waals surface area contributed by atoms with E-state index in [-0.39, 0.29) is 51.3 Å². The van der Waals surface area contributed by atoms with Crippen LogP contribution in [0.2, 0.25) is 5.02 Å². The molecule has 3 aromatic rings. The zero-order valence-electron chi connectivity index (χ0n) is 35.1. The van der Waals surface area contributed by atoms with E-state index in [1.165, 1.54) is 67.6 Å². The van der Waals surface area contributed by atoms with Crippen molar-refractivity contribution in [2.45, 2.75) is 99.1 Å². The van der Waals surface area contributed by atoms with Crippen LogP contribution in [0.4, 0.5) is 5.69 Å². The van der Waals surface area contributed by atoms with Crippen molar-refractivity contribution >= 4 is 57.7 Å². The van der Waals surface area contributed by atoms with E-state index in [4.69, 9.17) is 35.0 Å². The van der Waals surface area contributed by atoms with Crippen molar-refractivity contribution < 1.29 is 83.1 Å². The van der Waals surface area contributed by atoms with Crippen molar-refractivity contribution in [2.75, 3.05) is 5.32 Å². The number of hydrogen-bond donors (Lipinski definition) is 8. The van der Waals surface area contributed by atoms with Crippen molar-refractivity contribution in [3.05, 3.63) is 117 Å². The average molecular weight is 932 g/mol. The summed E-state index contributed by atoms with van der Waals surface area (Å²) in [5.74, 6) is -6.08. The highest BCUT2D eigenvalue weighted by molar-refractivity contribution is 6.36. The number of halogens is 1. The number of ether oxygens (including phenoxy) is 4. The Labute approximate surface area is 378 Å². The molecule has 3 heterocycles. The van der Waals surface area contributed by atoms with Gasteiger partial charge in [-0.2, -0.15) is 0 Å². The molecule has 6 unspecified atom stereocenters. The number of aliphatic hydroxyl groups is 4. The van der Waals surface area contributed by atoms with Gasteiger partial charge in [0.1, 0.15) is 34.3 Å². The summed E-state index contributed by atoms with van der Waals surface area (Å²) < 4.78 is 28.2. The molecule has 66 heavy (non-hydrogen) atoms. The monoisotopic (exact) mass is 931 g/mol. The SMILES string of the molecule is CC(=O)O[C@@H]1[C@@H](C)O[C@@H](c2ccc3c(c2O)C(O)C24OC2(C3=O)C2(O)C(=O)C=C(C)CC2(O)CC4O)C[C@H]1OC(=O)/C=C/C=C\C=C\C=C\C(=O)Nc1c(O)c2ccc(O)c(Cl)c2oc1=O. The zero-order chi connectivity index (χ0) is 47.8. The summed E-state index contributed by atoms with van der Waals surface area (Å²) in [6, 6.07) is 4.95. The van der Waals surface area contributed by atoms with Crippen LogP contribution in [0.15, 0.2) is 93.7 Å². The lowest BCUT2D eigenvalue weighted by Gasteiger charge is -2.54. The second kappa shape index (κ2) is 16.5. The standard InChI is InChI=1S/C46H42ClNO18/c1-20-16-29(51)45(61)43(60,18-20)19-30(52)44-41(58)33-24(40(57)46(44,45)66-44)13-12-23(36(33)55)27-17-28(38(21(2)62-27)63-22(3)49)64-32(54)11-9-7-5-4-6-8-10-31(53)48-35-37(56)25-14-15-26(50)34(47)39(25)65-42(35)59/h4-16,21,27-28,30,38,41,50,52,55-56,58,60-61H,17-19H2,1-3H3,(H,48,53)/b6-4+,7-5-,10-8+,11-9+/t21-,27-,28-,30?,38-,41?,43?,44?,45?,46?/m1/s1. The van der Waals surface area contributed by atoms with Crippen LogP contribution in [-0.4, -0.2) is 112 Å². The molecule has 1 amide bonds. The van der Waals surface area contributed by atoms with Crippen LogP contribution >= 0.6 is 11.6 Å². The second-order valence-corrected chi connectivity index (χ2v) is 17.1. The first-order chi connectivity index (χ1) is 31.1. The lowest BCUT2D eigenvalue weighted by Crippen LogP contribution is -2.78. The van der Waals surface area contributed by atoms with Crippen LogP contribution in [0.3, 0.4) is 0 Å². The van der Waals surface area contributed by atoms with E-state index in [9.17, 15) is 64.5 Å². The third-order valence-corrected chi connectivity index (χ3v) is 13.0. The maximum Gasteiger partial charge on any atom is 0.364 e. The van der Waals surface area contributed by atoms with E-state index in [0.29, 0.717) is 5.57 Å². The molecule has 8 rings (SSSR count). The van der Waals surface area contributed by atoms with Crippen molar-refractivity contribution in [1.82, 2.24) is 0 Å². The molecular formula is C46H42ClNO18. The predicted octanol–water partition coefficient (Wildman–Crippen LogP) is 3.00. The number of phenols is 2. The number of carbonyl (C=O) groups is 5. The van der Waals surface area contributed by atoms with E-state index in [2.05, 4.69) is 5.32 Å². The molecule has 0 spiro atoms. The fourth-order valence-electron chi connectivity index (χ4n) is 9.78. The molecule has 1 saturated carbocycles. The fourth-order valence-corrected chi connectivity index (χ4v) is 9.99. The molecule has 2 saturated heterocycles. The largest absolute Gasteiger partial charge is 0.507 e. The predicted molar refractivity (Wildman–Crippen MR) is 227 cm³/mol. The molecule has 20 heteroatoms. The van der Waals surface area contributed by atoms with Crippen LogP contribution < -0.4 is 10.9 Å². The van der Waals surface area contributed by atoms with Gasteiger partial charge in [-0.25, -0.2) is 9.59 Å². The summed E-state index contributed by atoms with van der Waals surface area (Å²) in [5.41, 5.74) is -12.3. The molecule has 2 aromatic carbocycles. The molecule has 1 aromatic heterocycles. The van der Waals surface area contributed by atoms with Crippen molar-refractivity contribution in [3.8, 4) is 17.2 Å². The first-order valence-electron chi connectivity index (χ1n) is 20.5. The van der Waals surface area contributed by atoms with Gasteiger partial charge in [0.15, 0.2) is 40.1 Å². The number of hydrogen-bond acceptors (Lipinski definition) is 18. The summed E-state index contributed by atoms with van der Waals surface area (Å²) in [4.78, 5) is 77.7. The number of amides is 1. The Kier molecular flexibility index (Phi) is 11.5. The van der Waals surface area contributed by atoms with Gasteiger partial charge in [0.2, 0.25) is 17.3 Å². The minimum atomic E-state index is -2.88. The van der Waals surface area contributed by atoms with Gasteiger partial charge in [0.05, 0.1) is 23.7 Å². The quantitative estimate of drug-likeness (QED) is 0.0503. The number of phenolic OH excluding ortho intramolecular Hbond substituents is 2. The number of epoxide rings is 1. The van der Waals surface area contributed by atoms with Crippen LogP contribution in [-0.2, 0) is 38.1 Å². The number of rotatable bonds is 9. The van der Waals surface area contributed by atoms with E-state index < -0.39 is 118 Å². The summed E-state index contributed by atoms with van der Waals surface area (Å²) in [6.45, 7) is 4.23. The molecule has 0 radical (unpaired) electrons. The zero-order valence-corrected chi connectivity index (χ0v) is 35.8. The second-order valence-electron chi connectivity index (χ2n) is 16.7. The van der Waals surface area contributed by atoms with Crippen LogP contribution in [0.5, 0.6) is 17.2 Å². The number of esters is 2. The Bertz CT molecular complexity index is 2840. The fraction of sp³-hybridized carbons (Fsp3) is 0.348. The number of anilines is 1. The molecule has 346 valence electrons. The van der Waals surface area contributed by atoms with Crippen LogP contribution in [0.25, 0.3) is 11.0 Å². The van der Waals surface area contributed by atoms with E-state index in [1.807, 2.05) is 0 Å². The molecule has 19 nitrogen and oxygen atoms in total. The molecule has 5 aliphatic rings. The maximum atomic E-state index is 14.4. The van der Waals surface area contributed by atoms with Crippen molar-refractivity contribution in [2.24, 2.45) is 0 Å². The molecule has 10 atom stereocenters. The summed E-state index contributed by atoms with van der Waals surface area (Å²) in [6.07, 6.45) is 2.51. The average Bonchev–Trinajstić information content (AvgIpc) is 3.98. The number of aliphatic hydroxyl groups excluding tert-OH is 2. The molecule has 3 aliphatic carbocycles. The van der Waals surface area contributed by atoms with E-state index >= 15 is 0 Å². The minimum absolute atomic E-state index is 0.00805. The van der Waals surface area contributed by atoms with Gasteiger partial charge in [-0.3, -0.25) is 19.2 Å². The highest BCUT2D eigenvalue weighted by Crippen LogP contribution is 2.74. The van der Waals surface area contributed by atoms with Gasteiger partial charge in [-0.15, -0.1) is 0 Å². The third kappa shape index (κ3) is 6.88. The number of fused-ring (bicyclic) bond motifs is 3. The van der Waals surface area contributed by atoms with Gasteiger partial charge < -0.3 is 64.4 Å². The first-order valence-corrected chi connectivity index (χ1v) is 20.8. The van der Waals surface area contributed by atoms with Crippen molar-refractivity contribution in [3.63, 3.8) is 0 Å². The number of benzene rings is 2. The smallest absolute Gasteiger partial charge is 0.364 e. The molecule has 8 N–H and O–H groups in total. The molecular weight excluding hydrogens is 890 g/mol. The summed E-state index contributed by atoms with van der Waals surface area (Å²) in [7, 11) is 0. The third-order valence-electron chi connectivity index (χ3n) is 12.7. The number of nitrogens with one attached hydrogen (secondary N) is 1. The highest BCUT2D eigenvalue weighted by Gasteiger charge is 2.96. The summed E-state index contributed by atoms with van der Waals surface area (Å²) >= 11 is 5.94. The highest BCUT2D eigenvalue weighted by atomic mass is 35.5. The number of carbonyl (C=O) groups excluding carboxylic acids is 5. The summed E-state index contributed by atoms with van der Waals surface area (Å²) in [5, 5.41) is 80.8. The lowest BCUT2D eigenvalue weighted by atomic mass is 9.50. The Balaban J connectivity index is 0.943. The van der Waals surface area contributed by atoms with Gasteiger partial charge in [-0.05, 0) is 32.1 Å².